The van der Waals surface area contributed by atoms with E-state index in [0.29, 0.717) is 10.6 Å². The van der Waals surface area contributed by atoms with Gasteiger partial charge in [0.2, 0.25) is 10.0 Å². The number of hydrogen-bond acceptors (Lipinski definition) is 3. The van der Waals surface area contributed by atoms with Gasteiger partial charge < -0.3 is 4.74 Å². The number of aryl methyl sites for hydroxylation is 1. The number of hydrogen-bond donors (Lipinski definition) is 1. The van der Waals surface area contributed by atoms with E-state index in [1.54, 1.807) is 32.2 Å². The Bertz CT molecular complexity index is 790. The maximum Gasteiger partial charge on any atom is 0.240 e. The van der Waals surface area contributed by atoms with Crippen molar-refractivity contribution in [2.24, 2.45) is 0 Å². The zero-order valence-corrected chi connectivity index (χ0v) is 14.9. The minimum Gasteiger partial charge on any atom is -0.375 e. The second kappa shape index (κ2) is 7.45. The third-order valence-electron chi connectivity index (χ3n) is 3.79. The lowest BCUT2D eigenvalue weighted by molar-refractivity contribution is 0.107. The summed E-state index contributed by atoms with van der Waals surface area (Å²) in [5, 5.41) is 0.426. The molecule has 0 heterocycles. The van der Waals surface area contributed by atoms with Crippen molar-refractivity contribution < 1.29 is 13.2 Å². The van der Waals surface area contributed by atoms with Crippen LogP contribution in [0.3, 0.4) is 0 Å². The molecule has 0 radical (unpaired) electrons. The van der Waals surface area contributed by atoms with E-state index in [9.17, 15) is 8.42 Å². The summed E-state index contributed by atoms with van der Waals surface area (Å²) in [6.07, 6.45) is -0.356. The lowest BCUT2D eigenvalue weighted by Crippen LogP contribution is -2.30. The van der Waals surface area contributed by atoms with Crippen molar-refractivity contribution in [1.29, 1.82) is 0 Å². The van der Waals surface area contributed by atoms with E-state index in [0.717, 1.165) is 11.1 Å². The van der Waals surface area contributed by atoms with Crippen LogP contribution in [0.25, 0.3) is 0 Å². The Labute approximate surface area is 142 Å². The minimum absolute atomic E-state index is 0.148. The van der Waals surface area contributed by atoms with Gasteiger partial charge in [0, 0.05) is 18.7 Å². The van der Waals surface area contributed by atoms with Crippen LogP contribution in [0.2, 0.25) is 5.02 Å². The molecule has 1 atom stereocenters. The van der Waals surface area contributed by atoms with Gasteiger partial charge in [0.15, 0.2) is 0 Å². The fraction of sp³-hybridized carbons (Fsp3) is 0.294. The van der Waals surface area contributed by atoms with Crippen molar-refractivity contribution in [3.63, 3.8) is 0 Å². The van der Waals surface area contributed by atoms with Crippen LogP contribution >= 0.6 is 11.6 Å². The number of rotatable bonds is 6. The average molecular weight is 354 g/mol. The molecular formula is C17H20ClNO3S. The average Bonchev–Trinajstić information content (AvgIpc) is 2.52. The largest absolute Gasteiger partial charge is 0.375 e. The Kier molecular flexibility index (Phi) is 5.81. The number of halogens is 1. The van der Waals surface area contributed by atoms with Crippen LogP contribution in [0.1, 0.15) is 22.8 Å². The summed E-state index contributed by atoms with van der Waals surface area (Å²) in [5.74, 6) is 0. The van der Waals surface area contributed by atoms with E-state index in [2.05, 4.69) is 4.72 Å². The first-order valence-electron chi connectivity index (χ1n) is 7.20. The number of nitrogens with one attached hydrogen (secondary N) is 1. The lowest BCUT2D eigenvalue weighted by atomic mass is 10.0. The smallest absolute Gasteiger partial charge is 0.240 e. The van der Waals surface area contributed by atoms with Crippen molar-refractivity contribution in [2.75, 3.05) is 13.7 Å². The van der Waals surface area contributed by atoms with Crippen molar-refractivity contribution in [3.05, 3.63) is 64.2 Å². The van der Waals surface area contributed by atoms with Gasteiger partial charge in [-0.3, -0.25) is 0 Å². The monoisotopic (exact) mass is 353 g/mol. The third-order valence-corrected chi connectivity index (χ3v) is 5.76. The van der Waals surface area contributed by atoms with Crippen LogP contribution in [0.5, 0.6) is 0 Å². The Morgan fingerprint density at radius 1 is 1.13 bits per heavy atom. The normalized spacial score (nSPS) is 13.0. The first-order chi connectivity index (χ1) is 10.9. The highest BCUT2D eigenvalue weighted by atomic mass is 35.5. The summed E-state index contributed by atoms with van der Waals surface area (Å²) in [7, 11) is -2.09. The number of ether oxygens (including phenoxy) is 1. The van der Waals surface area contributed by atoms with Crippen LogP contribution in [-0.2, 0) is 14.8 Å². The Morgan fingerprint density at radius 3 is 2.48 bits per heavy atom. The summed E-state index contributed by atoms with van der Waals surface area (Å²) in [6.45, 7) is 3.80. The molecule has 0 saturated carbocycles. The summed E-state index contributed by atoms with van der Waals surface area (Å²) in [5.41, 5.74) is 2.55. The Balaban J connectivity index is 2.21. The highest BCUT2D eigenvalue weighted by molar-refractivity contribution is 7.89. The van der Waals surface area contributed by atoms with E-state index < -0.39 is 10.0 Å². The third kappa shape index (κ3) is 4.12. The van der Waals surface area contributed by atoms with Crippen LogP contribution < -0.4 is 4.72 Å². The maximum absolute atomic E-state index is 12.5. The summed E-state index contributed by atoms with van der Waals surface area (Å²) in [4.78, 5) is 0.185. The highest BCUT2D eigenvalue weighted by Gasteiger charge is 2.21. The van der Waals surface area contributed by atoms with Crippen molar-refractivity contribution in [1.82, 2.24) is 4.72 Å². The van der Waals surface area contributed by atoms with E-state index in [-0.39, 0.29) is 17.5 Å². The van der Waals surface area contributed by atoms with E-state index in [1.165, 1.54) is 0 Å². The maximum atomic E-state index is 12.5. The number of methoxy groups -OCH3 is 1. The Hall–Kier alpha value is -1.40. The molecule has 6 heteroatoms. The predicted molar refractivity (Wildman–Crippen MR) is 92.3 cm³/mol. The highest BCUT2D eigenvalue weighted by Crippen LogP contribution is 2.24. The standard InChI is InChI=1S/C17H20ClNO3S/c1-12-7-4-5-8-14(12)16(22-3)11-19-23(20,21)17-10-6-9-15(18)13(17)2/h4-10,16,19H,11H2,1-3H3/t16-/m0/s1. The topological polar surface area (TPSA) is 55.4 Å². The molecule has 0 spiro atoms. The van der Waals surface area contributed by atoms with Gasteiger partial charge in [-0.25, -0.2) is 13.1 Å². The quantitative estimate of drug-likeness (QED) is 0.862. The second-order valence-electron chi connectivity index (χ2n) is 5.30. The van der Waals surface area contributed by atoms with Crippen LogP contribution in [0.4, 0.5) is 0 Å². The van der Waals surface area contributed by atoms with Crippen molar-refractivity contribution >= 4 is 21.6 Å². The zero-order chi connectivity index (χ0) is 17.0. The van der Waals surface area contributed by atoms with E-state index in [4.69, 9.17) is 16.3 Å². The summed E-state index contributed by atoms with van der Waals surface area (Å²) in [6, 6.07) is 12.6. The van der Waals surface area contributed by atoms with Gasteiger partial charge in [-0.2, -0.15) is 0 Å². The van der Waals surface area contributed by atoms with Crippen LogP contribution in [-0.4, -0.2) is 22.1 Å². The first kappa shape index (κ1) is 17.9. The van der Waals surface area contributed by atoms with Gasteiger partial charge in [-0.1, -0.05) is 41.9 Å². The fourth-order valence-electron chi connectivity index (χ4n) is 2.41. The molecule has 0 amide bonds. The fourth-order valence-corrected chi connectivity index (χ4v) is 3.94. The molecule has 0 aromatic heterocycles. The van der Waals surface area contributed by atoms with Crippen LogP contribution in [0.15, 0.2) is 47.4 Å². The molecule has 0 bridgehead atoms. The summed E-state index contributed by atoms with van der Waals surface area (Å²) < 4.78 is 33.1. The van der Waals surface area contributed by atoms with Gasteiger partial charge >= 0.3 is 0 Å². The van der Waals surface area contributed by atoms with Gasteiger partial charge in [-0.05, 0) is 42.7 Å². The molecule has 0 aliphatic heterocycles. The van der Waals surface area contributed by atoms with Gasteiger partial charge in [0.05, 0.1) is 11.0 Å². The van der Waals surface area contributed by atoms with Crippen molar-refractivity contribution in [2.45, 2.75) is 24.8 Å². The second-order valence-corrected chi connectivity index (χ2v) is 7.44. The molecule has 0 unspecified atom stereocenters. The molecule has 124 valence electrons. The SMILES string of the molecule is CO[C@@H](CNS(=O)(=O)c1cccc(Cl)c1C)c1ccccc1C. The predicted octanol–water partition coefficient (Wildman–Crippen LogP) is 3.62. The van der Waals surface area contributed by atoms with E-state index in [1.807, 2.05) is 31.2 Å². The van der Waals surface area contributed by atoms with Crippen LogP contribution in [0, 0.1) is 13.8 Å². The molecule has 0 aliphatic carbocycles. The molecule has 0 saturated heterocycles. The molecular weight excluding hydrogens is 334 g/mol. The number of benzene rings is 2. The molecule has 1 N–H and O–H groups in total. The molecule has 23 heavy (non-hydrogen) atoms. The van der Waals surface area contributed by atoms with Gasteiger partial charge in [0.1, 0.15) is 0 Å². The van der Waals surface area contributed by atoms with Gasteiger partial charge in [-0.15, -0.1) is 0 Å². The minimum atomic E-state index is -3.65. The zero-order valence-electron chi connectivity index (χ0n) is 13.3. The molecule has 0 fully saturated rings. The van der Waals surface area contributed by atoms with Gasteiger partial charge in [0.25, 0.3) is 0 Å². The number of sulfonamides is 1. The first-order valence-corrected chi connectivity index (χ1v) is 9.06. The molecule has 0 aliphatic rings. The molecule has 2 aromatic carbocycles. The molecule has 2 aromatic rings. The van der Waals surface area contributed by atoms with E-state index >= 15 is 0 Å². The molecule has 2 rings (SSSR count). The van der Waals surface area contributed by atoms with Crippen molar-refractivity contribution in [3.8, 4) is 0 Å². The lowest BCUT2D eigenvalue weighted by Gasteiger charge is -2.19. The summed E-state index contributed by atoms with van der Waals surface area (Å²) >= 11 is 6.01. The Morgan fingerprint density at radius 2 is 1.83 bits per heavy atom. The molecule has 4 nitrogen and oxygen atoms in total.